The topological polar surface area (TPSA) is 52.9 Å². The zero-order valence-corrected chi connectivity index (χ0v) is 9.15. The highest BCUT2D eigenvalue weighted by Gasteiger charge is 2.35. The van der Waals surface area contributed by atoms with Crippen LogP contribution in [0.2, 0.25) is 0 Å². The number of piperidine rings is 1. The Morgan fingerprint density at radius 3 is 2.53 bits per heavy atom. The van der Waals surface area contributed by atoms with Gasteiger partial charge in [0.2, 0.25) is 5.91 Å². The molecule has 1 aliphatic heterocycles. The second kappa shape index (κ2) is 4.21. The summed E-state index contributed by atoms with van der Waals surface area (Å²) in [4.78, 5) is 13.9. The molecule has 1 N–H and O–H groups in total. The summed E-state index contributed by atoms with van der Waals surface area (Å²) in [6, 6.07) is 0. The molecule has 1 saturated heterocycles. The molecule has 0 aromatic heterocycles. The monoisotopic (exact) mass is 210 g/mol. The van der Waals surface area contributed by atoms with Gasteiger partial charge in [-0.1, -0.05) is 12.1 Å². The number of nitrogens with zero attached hydrogens (tertiary/aromatic N) is 2. The van der Waals surface area contributed by atoms with E-state index in [9.17, 15) is 4.79 Å². The minimum absolute atomic E-state index is 0.192. The molecule has 15 heavy (non-hydrogen) atoms. The second-order valence-corrected chi connectivity index (χ2v) is 4.62. The van der Waals surface area contributed by atoms with Gasteiger partial charge in [0.05, 0.1) is 5.71 Å². The first kappa shape index (κ1) is 10.5. The highest BCUT2D eigenvalue weighted by Crippen LogP contribution is 2.37. The van der Waals surface area contributed by atoms with E-state index in [4.69, 9.17) is 5.21 Å². The van der Waals surface area contributed by atoms with Crippen LogP contribution in [-0.2, 0) is 4.79 Å². The van der Waals surface area contributed by atoms with Gasteiger partial charge in [0.15, 0.2) is 0 Å². The first-order chi connectivity index (χ1) is 7.22. The van der Waals surface area contributed by atoms with E-state index in [0.717, 1.165) is 31.6 Å². The number of carbonyl (C=O) groups is 1. The summed E-state index contributed by atoms with van der Waals surface area (Å²) in [6.45, 7) is 3.47. The molecule has 1 aliphatic carbocycles. The minimum Gasteiger partial charge on any atom is -0.411 e. The van der Waals surface area contributed by atoms with E-state index in [1.54, 1.807) is 0 Å². The average Bonchev–Trinajstić information content (AvgIpc) is 3.11. The van der Waals surface area contributed by atoms with Gasteiger partial charge in [0.25, 0.3) is 0 Å². The van der Waals surface area contributed by atoms with Crippen LogP contribution in [0.25, 0.3) is 0 Å². The van der Waals surface area contributed by atoms with Crippen molar-refractivity contribution in [2.45, 2.75) is 32.6 Å². The van der Waals surface area contributed by atoms with Crippen molar-refractivity contribution in [3.05, 3.63) is 0 Å². The van der Waals surface area contributed by atoms with Gasteiger partial charge in [-0.15, -0.1) is 0 Å². The fourth-order valence-corrected chi connectivity index (χ4v) is 2.17. The normalized spacial score (nSPS) is 23.8. The first-order valence-electron chi connectivity index (χ1n) is 5.71. The summed E-state index contributed by atoms with van der Waals surface area (Å²) in [5, 5.41) is 11.8. The van der Waals surface area contributed by atoms with E-state index in [0.29, 0.717) is 5.92 Å². The molecule has 0 bridgehead atoms. The zero-order valence-electron chi connectivity index (χ0n) is 9.15. The van der Waals surface area contributed by atoms with Crippen molar-refractivity contribution in [2.75, 3.05) is 13.1 Å². The third-order valence-electron chi connectivity index (χ3n) is 3.51. The Kier molecular flexibility index (Phi) is 2.93. The lowest BCUT2D eigenvalue weighted by Crippen LogP contribution is -2.41. The molecule has 1 unspecified atom stereocenters. The van der Waals surface area contributed by atoms with Crippen LogP contribution in [-0.4, -0.2) is 34.8 Å². The summed E-state index contributed by atoms with van der Waals surface area (Å²) in [5.74, 6) is 1.11. The average molecular weight is 210 g/mol. The third kappa shape index (κ3) is 2.30. The van der Waals surface area contributed by atoms with Crippen LogP contribution in [0.5, 0.6) is 0 Å². The molecule has 0 aromatic carbocycles. The maximum atomic E-state index is 12.0. The Morgan fingerprint density at radius 1 is 1.47 bits per heavy atom. The van der Waals surface area contributed by atoms with Crippen LogP contribution in [0.4, 0.5) is 0 Å². The van der Waals surface area contributed by atoms with Gasteiger partial charge in [-0.05, 0) is 18.8 Å². The number of amides is 1. The maximum absolute atomic E-state index is 12.0. The molecule has 4 heteroatoms. The third-order valence-corrected chi connectivity index (χ3v) is 3.51. The van der Waals surface area contributed by atoms with E-state index in [1.165, 1.54) is 12.8 Å². The highest BCUT2D eigenvalue weighted by molar-refractivity contribution is 5.87. The largest absolute Gasteiger partial charge is 0.411 e. The standard InChI is InChI=1S/C11H18N2O2/c1-8(9-2-3-9)11(14)13-6-4-10(12-15)5-7-13/h8-9,15H,2-7H2,1H3. The quantitative estimate of drug-likeness (QED) is 0.554. The van der Waals surface area contributed by atoms with Crippen molar-refractivity contribution >= 4 is 11.6 Å². The fraction of sp³-hybridized carbons (Fsp3) is 0.818. The summed E-state index contributed by atoms with van der Waals surface area (Å²) in [7, 11) is 0. The van der Waals surface area contributed by atoms with Gasteiger partial charge in [-0.25, -0.2) is 0 Å². The lowest BCUT2D eigenvalue weighted by atomic mass is 10.0. The van der Waals surface area contributed by atoms with E-state index < -0.39 is 0 Å². The number of carbonyl (C=O) groups excluding carboxylic acids is 1. The maximum Gasteiger partial charge on any atom is 0.225 e. The number of oxime groups is 1. The lowest BCUT2D eigenvalue weighted by molar-refractivity contribution is -0.135. The van der Waals surface area contributed by atoms with E-state index in [2.05, 4.69) is 5.16 Å². The van der Waals surface area contributed by atoms with E-state index in [1.807, 2.05) is 11.8 Å². The Bertz CT molecular complexity index is 274. The molecule has 2 aliphatic rings. The zero-order chi connectivity index (χ0) is 10.8. The van der Waals surface area contributed by atoms with Gasteiger partial charge >= 0.3 is 0 Å². The molecule has 1 saturated carbocycles. The van der Waals surface area contributed by atoms with Crippen LogP contribution in [0.15, 0.2) is 5.16 Å². The van der Waals surface area contributed by atoms with Crippen molar-refractivity contribution < 1.29 is 10.0 Å². The number of rotatable bonds is 2. The smallest absolute Gasteiger partial charge is 0.225 e. The van der Waals surface area contributed by atoms with Crippen LogP contribution in [0.1, 0.15) is 32.6 Å². The first-order valence-corrected chi connectivity index (χ1v) is 5.71. The summed E-state index contributed by atoms with van der Waals surface area (Å²) >= 11 is 0. The second-order valence-electron chi connectivity index (χ2n) is 4.62. The molecule has 1 heterocycles. The molecule has 1 atom stereocenters. The molecule has 0 spiro atoms. The van der Waals surface area contributed by atoms with E-state index >= 15 is 0 Å². The van der Waals surface area contributed by atoms with E-state index in [-0.39, 0.29) is 11.8 Å². The number of hydrogen-bond donors (Lipinski definition) is 1. The van der Waals surface area contributed by atoms with Crippen molar-refractivity contribution in [2.24, 2.45) is 17.0 Å². The van der Waals surface area contributed by atoms with Crippen LogP contribution in [0.3, 0.4) is 0 Å². The molecular weight excluding hydrogens is 192 g/mol. The van der Waals surface area contributed by atoms with Gasteiger partial charge in [-0.2, -0.15) is 0 Å². The van der Waals surface area contributed by atoms with Crippen molar-refractivity contribution in [1.82, 2.24) is 4.90 Å². The predicted octanol–water partition coefficient (Wildman–Crippen LogP) is 1.49. The molecule has 2 fully saturated rings. The number of hydrogen-bond acceptors (Lipinski definition) is 3. The SMILES string of the molecule is CC(C(=O)N1CCC(=NO)CC1)C1CC1. The van der Waals surface area contributed by atoms with Crippen LogP contribution < -0.4 is 0 Å². The van der Waals surface area contributed by atoms with Crippen molar-refractivity contribution in [3.8, 4) is 0 Å². The fourth-order valence-electron chi connectivity index (χ4n) is 2.17. The van der Waals surface area contributed by atoms with Gasteiger partial charge < -0.3 is 10.1 Å². The molecule has 2 rings (SSSR count). The molecular formula is C11H18N2O2. The van der Waals surface area contributed by atoms with Crippen LogP contribution in [0, 0.1) is 11.8 Å². The Labute approximate surface area is 89.9 Å². The van der Waals surface area contributed by atoms with Gasteiger partial charge in [-0.3, -0.25) is 4.79 Å². The molecule has 84 valence electrons. The van der Waals surface area contributed by atoms with Crippen LogP contribution >= 0.6 is 0 Å². The highest BCUT2D eigenvalue weighted by atomic mass is 16.4. The lowest BCUT2D eigenvalue weighted by Gasteiger charge is -2.29. The Balaban J connectivity index is 1.86. The molecule has 1 amide bonds. The van der Waals surface area contributed by atoms with Gasteiger partial charge in [0.1, 0.15) is 0 Å². The number of likely N-dealkylation sites (tertiary alicyclic amines) is 1. The van der Waals surface area contributed by atoms with Gasteiger partial charge in [0, 0.05) is 31.8 Å². The summed E-state index contributed by atoms with van der Waals surface area (Å²) < 4.78 is 0. The van der Waals surface area contributed by atoms with Crippen molar-refractivity contribution in [1.29, 1.82) is 0 Å². The predicted molar refractivity (Wildman–Crippen MR) is 56.9 cm³/mol. The van der Waals surface area contributed by atoms with Crippen molar-refractivity contribution in [3.63, 3.8) is 0 Å². The summed E-state index contributed by atoms with van der Waals surface area (Å²) in [6.07, 6.45) is 3.87. The summed E-state index contributed by atoms with van der Waals surface area (Å²) in [5.41, 5.74) is 0.818. The Morgan fingerprint density at radius 2 is 2.07 bits per heavy atom. The molecule has 0 aromatic rings. The molecule has 0 radical (unpaired) electrons. The Hall–Kier alpha value is -1.06. The minimum atomic E-state index is 0.192. The molecule has 4 nitrogen and oxygen atoms in total.